The van der Waals surface area contributed by atoms with Crippen LogP contribution < -0.4 is 5.46 Å². The Morgan fingerprint density at radius 2 is 1.15 bits per heavy atom. The van der Waals surface area contributed by atoms with Gasteiger partial charge in [0.25, 0.3) is 0 Å². The third-order valence-corrected chi connectivity index (χ3v) is 4.97. The highest BCUT2D eigenvalue weighted by Gasteiger charge is 2.31. The Morgan fingerprint density at radius 1 is 0.654 bits per heavy atom. The highest BCUT2D eigenvalue weighted by Crippen LogP contribution is 2.37. The Labute approximate surface area is 151 Å². The van der Waals surface area contributed by atoms with Crippen molar-refractivity contribution in [2.24, 2.45) is 0 Å². The largest absolute Gasteiger partial charge is 0.495 e. The summed E-state index contributed by atoms with van der Waals surface area (Å²) in [5.41, 5.74) is 2.55. The Morgan fingerprint density at radius 3 is 1.73 bits per heavy atom. The summed E-state index contributed by atoms with van der Waals surface area (Å²) < 4.78 is 26.3. The van der Waals surface area contributed by atoms with Gasteiger partial charge in [0.05, 0.1) is 13.2 Å². The first-order valence-electron chi connectivity index (χ1n) is 8.76. The fourth-order valence-corrected chi connectivity index (χ4v) is 3.90. The average Bonchev–Trinajstić information content (AvgIpc) is 3.21. The number of rotatable bonds is 2. The van der Waals surface area contributed by atoms with E-state index in [1.807, 2.05) is 48.5 Å². The van der Waals surface area contributed by atoms with Gasteiger partial charge in [-0.1, -0.05) is 66.7 Å². The fourth-order valence-electron chi connectivity index (χ4n) is 3.90. The maximum Gasteiger partial charge on any atom is 0.495 e. The highest BCUT2D eigenvalue weighted by atomic mass is 19.1. The first kappa shape index (κ1) is 15.6. The topological polar surface area (TPSA) is 18.5 Å². The molecule has 0 saturated carbocycles. The highest BCUT2D eigenvalue weighted by molar-refractivity contribution is 6.68. The molecule has 0 atom stereocenters. The minimum atomic E-state index is -0.389. The normalized spacial score (nSPS) is 14.4. The van der Waals surface area contributed by atoms with Crippen molar-refractivity contribution in [3.63, 3.8) is 0 Å². The molecule has 0 amide bonds. The molecule has 1 aliphatic rings. The van der Waals surface area contributed by atoms with Gasteiger partial charge in [-0.2, -0.15) is 0 Å². The third-order valence-electron chi connectivity index (χ3n) is 4.97. The SMILES string of the molecule is Fc1ccccc1-c1c2ccccc2c(B2OCCO2)c2ccccc12. The van der Waals surface area contributed by atoms with Gasteiger partial charge in [-0.3, -0.25) is 0 Å². The monoisotopic (exact) mass is 342 g/mol. The van der Waals surface area contributed by atoms with Gasteiger partial charge in [0.15, 0.2) is 0 Å². The van der Waals surface area contributed by atoms with E-state index in [-0.39, 0.29) is 12.9 Å². The molecule has 0 aliphatic carbocycles. The maximum absolute atomic E-state index is 14.7. The molecule has 1 fully saturated rings. The summed E-state index contributed by atoms with van der Waals surface area (Å²) in [5.74, 6) is -0.219. The molecule has 0 unspecified atom stereocenters. The predicted octanol–water partition coefficient (Wildman–Crippen LogP) is 4.54. The van der Waals surface area contributed by atoms with Crippen molar-refractivity contribution in [3.8, 4) is 11.1 Å². The van der Waals surface area contributed by atoms with Gasteiger partial charge < -0.3 is 9.31 Å². The summed E-state index contributed by atoms with van der Waals surface area (Å²) in [6.07, 6.45) is 0. The van der Waals surface area contributed by atoms with Crippen LogP contribution in [0.15, 0.2) is 72.8 Å². The number of hydrogen-bond acceptors (Lipinski definition) is 2. The lowest BCUT2D eigenvalue weighted by molar-refractivity contribution is 0.365. The molecule has 0 bridgehead atoms. The van der Waals surface area contributed by atoms with Crippen LogP contribution in [-0.2, 0) is 9.31 Å². The van der Waals surface area contributed by atoms with E-state index in [9.17, 15) is 4.39 Å². The van der Waals surface area contributed by atoms with Crippen LogP contribution in [0.3, 0.4) is 0 Å². The van der Waals surface area contributed by atoms with Crippen LogP contribution in [0.2, 0.25) is 0 Å². The van der Waals surface area contributed by atoms with Crippen LogP contribution in [0, 0.1) is 5.82 Å². The first-order chi connectivity index (χ1) is 12.8. The molecule has 0 N–H and O–H groups in total. The second-order valence-electron chi connectivity index (χ2n) is 6.43. The third kappa shape index (κ3) is 2.34. The summed E-state index contributed by atoms with van der Waals surface area (Å²) in [4.78, 5) is 0. The zero-order valence-corrected chi connectivity index (χ0v) is 14.1. The van der Waals surface area contributed by atoms with Crippen molar-refractivity contribution in [2.45, 2.75) is 0 Å². The summed E-state index contributed by atoms with van der Waals surface area (Å²) in [6, 6.07) is 23.1. The Balaban J connectivity index is 1.97. The lowest BCUT2D eigenvalue weighted by Crippen LogP contribution is -2.33. The average molecular weight is 342 g/mol. The smallest absolute Gasteiger partial charge is 0.405 e. The Bertz CT molecular complexity index is 1060. The molecule has 4 aromatic carbocycles. The molecule has 0 aromatic heterocycles. The van der Waals surface area contributed by atoms with E-state index in [1.165, 1.54) is 6.07 Å². The van der Waals surface area contributed by atoms with E-state index in [0.29, 0.717) is 18.8 Å². The van der Waals surface area contributed by atoms with Crippen molar-refractivity contribution < 1.29 is 13.7 Å². The predicted molar refractivity (Wildman–Crippen MR) is 104 cm³/mol. The van der Waals surface area contributed by atoms with Gasteiger partial charge in [-0.15, -0.1) is 0 Å². The lowest BCUT2D eigenvalue weighted by atomic mass is 9.72. The number of halogens is 1. The van der Waals surface area contributed by atoms with Crippen LogP contribution in [0.4, 0.5) is 4.39 Å². The van der Waals surface area contributed by atoms with Gasteiger partial charge in [-0.05, 0) is 33.1 Å². The molecule has 0 radical (unpaired) electrons. The number of benzene rings is 4. The van der Waals surface area contributed by atoms with Crippen molar-refractivity contribution in [3.05, 3.63) is 78.6 Å². The molecular weight excluding hydrogens is 326 g/mol. The standard InChI is InChI=1S/C22H16BFO2/c24-20-12-6-5-11-19(20)21-15-7-1-3-9-17(15)22(23-25-13-14-26-23)18-10-4-2-8-16(18)21/h1-12H,13-14H2. The first-order valence-corrected chi connectivity index (χ1v) is 8.76. The van der Waals surface area contributed by atoms with Gasteiger partial charge in [0.2, 0.25) is 0 Å². The Hall–Kier alpha value is -2.69. The van der Waals surface area contributed by atoms with Crippen molar-refractivity contribution in [1.82, 2.24) is 0 Å². The lowest BCUT2D eigenvalue weighted by Gasteiger charge is -2.18. The molecule has 1 aliphatic heterocycles. The van der Waals surface area contributed by atoms with Gasteiger partial charge >= 0.3 is 7.12 Å². The van der Waals surface area contributed by atoms with E-state index >= 15 is 0 Å². The van der Waals surface area contributed by atoms with E-state index in [0.717, 1.165) is 32.6 Å². The van der Waals surface area contributed by atoms with Gasteiger partial charge in [-0.25, -0.2) is 4.39 Å². The molecule has 1 heterocycles. The van der Waals surface area contributed by atoms with Crippen molar-refractivity contribution >= 4 is 34.1 Å². The van der Waals surface area contributed by atoms with Crippen LogP contribution in [0.25, 0.3) is 32.7 Å². The minimum absolute atomic E-state index is 0.219. The summed E-state index contributed by atoms with van der Waals surface area (Å²) in [5, 5.41) is 4.09. The van der Waals surface area contributed by atoms with Crippen LogP contribution >= 0.6 is 0 Å². The number of fused-ring (bicyclic) bond motifs is 2. The summed E-state index contributed by atoms with van der Waals surface area (Å²) >= 11 is 0. The molecule has 26 heavy (non-hydrogen) atoms. The minimum Gasteiger partial charge on any atom is -0.405 e. The molecular formula is C22H16BFO2. The molecule has 4 aromatic rings. The van der Waals surface area contributed by atoms with Crippen molar-refractivity contribution in [1.29, 1.82) is 0 Å². The Kier molecular flexibility index (Phi) is 3.73. The maximum atomic E-state index is 14.7. The molecule has 126 valence electrons. The van der Waals surface area contributed by atoms with E-state index in [2.05, 4.69) is 12.1 Å². The van der Waals surface area contributed by atoms with Gasteiger partial charge in [0, 0.05) is 11.1 Å². The molecule has 1 saturated heterocycles. The van der Waals surface area contributed by atoms with E-state index in [1.54, 1.807) is 6.07 Å². The van der Waals surface area contributed by atoms with Crippen molar-refractivity contribution in [2.75, 3.05) is 13.2 Å². The summed E-state index contributed by atoms with van der Waals surface area (Å²) in [6.45, 7) is 1.17. The molecule has 0 spiro atoms. The summed E-state index contributed by atoms with van der Waals surface area (Å²) in [7, 11) is -0.389. The molecule has 4 heteroatoms. The van der Waals surface area contributed by atoms with E-state index in [4.69, 9.17) is 9.31 Å². The second-order valence-corrected chi connectivity index (χ2v) is 6.43. The molecule has 2 nitrogen and oxygen atoms in total. The van der Waals surface area contributed by atoms with Gasteiger partial charge in [0.1, 0.15) is 5.82 Å². The molecule has 5 rings (SSSR count). The van der Waals surface area contributed by atoms with Crippen LogP contribution in [0.1, 0.15) is 0 Å². The van der Waals surface area contributed by atoms with Crippen LogP contribution in [0.5, 0.6) is 0 Å². The fraction of sp³-hybridized carbons (Fsp3) is 0.0909. The quantitative estimate of drug-likeness (QED) is 0.393. The number of hydrogen-bond donors (Lipinski definition) is 0. The zero-order valence-electron chi connectivity index (χ0n) is 14.1. The van der Waals surface area contributed by atoms with Crippen LogP contribution in [-0.4, -0.2) is 20.3 Å². The zero-order chi connectivity index (χ0) is 17.5. The second kappa shape index (κ2) is 6.24. The van der Waals surface area contributed by atoms with E-state index < -0.39 is 0 Å².